The molecule has 0 saturated carbocycles. The van der Waals surface area contributed by atoms with E-state index in [0.29, 0.717) is 6.54 Å². The summed E-state index contributed by atoms with van der Waals surface area (Å²) in [6, 6.07) is 0.833. The summed E-state index contributed by atoms with van der Waals surface area (Å²) in [4.78, 5) is 6.82. The largest absolute Gasteiger partial charge is 0.433 e. The minimum atomic E-state index is -4.54. The van der Waals surface area contributed by atoms with E-state index in [2.05, 4.69) is 15.3 Å². The molecule has 0 fully saturated rings. The lowest BCUT2D eigenvalue weighted by Crippen LogP contribution is -2.11. The van der Waals surface area contributed by atoms with E-state index >= 15 is 0 Å². The normalized spacial score (nSPS) is 11.6. The molecule has 0 aliphatic rings. The summed E-state index contributed by atoms with van der Waals surface area (Å²) in [7, 11) is 0. The van der Waals surface area contributed by atoms with E-state index < -0.39 is 17.2 Å². The number of aliphatic hydroxyl groups is 1. The fourth-order valence-electron chi connectivity index (χ4n) is 1.46. The Balaban J connectivity index is 2.48. The Morgan fingerprint density at radius 3 is 2.47 bits per heavy atom. The van der Waals surface area contributed by atoms with Crippen LogP contribution in [0.25, 0.3) is 0 Å². The van der Waals surface area contributed by atoms with E-state index in [4.69, 9.17) is 16.7 Å². The van der Waals surface area contributed by atoms with Gasteiger partial charge in [-0.2, -0.15) is 13.2 Å². The number of anilines is 1. The zero-order chi connectivity index (χ0) is 14.3. The van der Waals surface area contributed by atoms with Crippen LogP contribution in [0.4, 0.5) is 19.0 Å². The number of halogens is 4. The molecule has 0 aromatic carbocycles. The van der Waals surface area contributed by atoms with Crippen molar-refractivity contribution in [2.24, 2.45) is 0 Å². The van der Waals surface area contributed by atoms with Crippen molar-refractivity contribution in [2.75, 3.05) is 18.5 Å². The highest BCUT2D eigenvalue weighted by Crippen LogP contribution is 2.29. The summed E-state index contributed by atoms with van der Waals surface area (Å²) >= 11 is 5.45. The van der Waals surface area contributed by atoms with Crippen molar-refractivity contribution in [3.63, 3.8) is 0 Å². The van der Waals surface area contributed by atoms with Crippen LogP contribution < -0.4 is 5.32 Å². The van der Waals surface area contributed by atoms with Crippen LogP contribution in [0.3, 0.4) is 0 Å². The molecule has 0 bridgehead atoms. The summed E-state index contributed by atoms with van der Waals surface area (Å²) in [6.07, 6.45) is -1.25. The van der Waals surface area contributed by atoms with E-state index in [1.807, 2.05) is 0 Å². The molecule has 0 amide bonds. The van der Waals surface area contributed by atoms with Crippen molar-refractivity contribution in [1.82, 2.24) is 9.97 Å². The van der Waals surface area contributed by atoms with Gasteiger partial charge in [-0.1, -0.05) is 12.8 Å². The maximum absolute atomic E-state index is 12.5. The van der Waals surface area contributed by atoms with Crippen LogP contribution in [-0.4, -0.2) is 28.2 Å². The summed E-state index contributed by atoms with van der Waals surface area (Å²) < 4.78 is 37.4. The number of aliphatic hydroxyl groups excluding tert-OH is 1. The van der Waals surface area contributed by atoms with Crippen molar-refractivity contribution in [1.29, 1.82) is 0 Å². The molecule has 0 atom stereocenters. The molecule has 4 nitrogen and oxygen atoms in total. The first-order chi connectivity index (χ1) is 8.93. The zero-order valence-corrected chi connectivity index (χ0v) is 10.9. The molecule has 1 aromatic heterocycles. The van der Waals surface area contributed by atoms with Gasteiger partial charge in [-0.15, -0.1) is 0 Å². The van der Waals surface area contributed by atoms with E-state index in [1.165, 1.54) is 0 Å². The number of aromatic nitrogens is 2. The highest BCUT2D eigenvalue weighted by Gasteiger charge is 2.33. The zero-order valence-electron chi connectivity index (χ0n) is 10.2. The summed E-state index contributed by atoms with van der Waals surface area (Å²) in [5.74, 6) is 0.0643. The quantitative estimate of drug-likeness (QED) is 0.600. The van der Waals surface area contributed by atoms with Gasteiger partial charge in [-0.25, -0.2) is 9.97 Å². The van der Waals surface area contributed by atoms with Crippen LogP contribution in [0.1, 0.15) is 31.4 Å². The first-order valence-corrected chi connectivity index (χ1v) is 6.28. The van der Waals surface area contributed by atoms with Gasteiger partial charge in [0, 0.05) is 19.2 Å². The first-order valence-electron chi connectivity index (χ1n) is 5.90. The first kappa shape index (κ1) is 16.0. The molecule has 0 unspecified atom stereocenters. The monoisotopic (exact) mass is 297 g/mol. The van der Waals surface area contributed by atoms with Gasteiger partial charge in [-0.3, -0.25) is 0 Å². The van der Waals surface area contributed by atoms with Crippen LogP contribution in [0, 0.1) is 0 Å². The molecule has 0 saturated heterocycles. The average Bonchev–Trinajstić information content (AvgIpc) is 2.32. The molecule has 19 heavy (non-hydrogen) atoms. The third-order valence-corrected chi connectivity index (χ3v) is 2.55. The predicted octanol–water partition coefficient (Wildman–Crippen LogP) is 3.11. The van der Waals surface area contributed by atoms with Gasteiger partial charge in [0.25, 0.3) is 0 Å². The van der Waals surface area contributed by atoms with Crippen molar-refractivity contribution < 1.29 is 18.3 Å². The lowest BCUT2D eigenvalue weighted by molar-refractivity contribution is -0.141. The minimum Gasteiger partial charge on any atom is -0.396 e. The Kier molecular flexibility index (Phi) is 6.30. The Morgan fingerprint density at radius 2 is 1.84 bits per heavy atom. The van der Waals surface area contributed by atoms with Gasteiger partial charge in [0.15, 0.2) is 5.69 Å². The molecule has 2 N–H and O–H groups in total. The van der Waals surface area contributed by atoms with Crippen LogP contribution in [0.15, 0.2) is 6.07 Å². The predicted molar refractivity (Wildman–Crippen MR) is 66.1 cm³/mol. The fraction of sp³-hybridized carbons (Fsp3) is 0.636. The highest BCUT2D eigenvalue weighted by molar-refractivity contribution is 6.28. The topological polar surface area (TPSA) is 58.0 Å². The third-order valence-electron chi connectivity index (χ3n) is 2.38. The molecule has 0 aliphatic heterocycles. The molecule has 1 rings (SSSR count). The SMILES string of the molecule is OCCCCCCNc1cc(C(F)(F)F)nc(Cl)n1. The maximum Gasteiger partial charge on any atom is 0.433 e. The molecule has 8 heteroatoms. The van der Waals surface area contributed by atoms with Crippen LogP contribution in [-0.2, 0) is 6.18 Å². The average molecular weight is 298 g/mol. The number of hydrogen-bond donors (Lipinski definition) is 2. The molecule has 108 valence electrons. The minimum absolute atomic E-state index is 0.0643. The van der Waals surface area contributed by atoms with Gasteiger partial charge in [0.1, 0.15) is 5.82 Å². The lowest BCUT2D eigenvalue weighted by Gasteiger charge is -2.09. The van der Waals surface area contributed by atoms with Crippen LogP contribution in [0.2, 0.25) is 5.28 Å². The lowest BCUT2D eigenvalue weighted by atomic mass is 10.2. The number of unbranched alkanes of at least 4 members (excludes halogenated alkanes) is 3. The van der Waals surface area contributed by atoms with E-state index in [0.717, 1.165) is 31.7 Å². The Labute approximate surface area is 114 Å². The van der Waals surface area contributed by atoms with E-state index in [9.17, 15) is 13.2 Å². The van der Waals surface area contributed by atoms with Gasteiger partial charge < -0.3 is 10.4 Å². The summed E-state index contributed by atoms with van der Waals surface area (Å²) in [6.45, 7) is 0.653. The van der Waals surface area contributed by atoms with Gasteiger partial charge in [-0.05, 0) is 24.4 Å². The smallest absolute Gasteiger partial charge is 0.396 e. The van der Waals surface area contributed by atoms with Crippen molar-refractivity contribution >= 4 is 17.4 Å². The summed E-state index contributed by atoms with van der Waals surface area (Å²) in [5, 5.41) is 10.9. The van der Waals surface area contributed by atoms with Crippen molar-refractivity contribution in [3.05, 3.63) is 17.0 Å². The second-order valence-electron chi connectivity index (χ2n) is 3.97. The Hall–Kier alpha value is -1.08. The highest BCUT2D eigenvalue weighted by atomic mass is 35.5. The number of alkyl halides is 3. The second kappa shape index (κ2) is 7.49. The number of nitrogens with one attached hydrogen (secondary N) is 1. The Morgan fingerprint density at radius 1 is 1.16 bits per heavy atom. The fourth-order valence-corrected chi connectivity index (χ4v) is 1.64. The number of hydrogen-bond acceptors (Lipinski definition) is 4. The van der Waals surface area contributed by atoms with E-state index in [1.54, 1.807) is 0 Å². The van der Waals surface area contributed by atoms with Crippen LogP contribution in [0.5, 0.6) is 0 Å². The summed E-state index contributed by atoms with van der Waals surface area (Å²) in [5.41, 5.74) is -1.06. The number of nitrogens with zero attached hydrogens (tertiary/aromatic N) is 2. The van der Waals surface area contributed by atoms with Crippen molar-refractivity contribution in [2.45, 2.75) is 31.9 Å². The molecule has 1 heterocycles. The Bertz CT molecular complexity index is 401. The molecular weight excluding hydrogens is 283 g/mol. The molecule has 1 aromatic rings. The third kappa shape index (κ3) is 6.07. The van der Waals surface area contributed by atoms with Gasteiger partial charge in [0.2, 0.25) is 5.28 Å². The molecule has 0 aliphatic carbocycles. The number of rotatable bonds is 7. The van der Waals surface area contributed by atoms with Gasteiger partial charge >= 0.3 is 6.18 Å². The maximum atomic E-state index is 12.5. The van der Waals surface area contributed by atoms with Crippen molar-refractivity contribution in [3.8, 4) is 0 Å². The standard InChI is InChI=1S/C11H15ClF3N3O/c12-10-17-8(11(13,14)15)7-9(18-10)16-5-3-1-2-4-6-19/h7,19H,1-6H2,(H,16,17,18). The molecule has 0 spiro atoms. The van der Waals surface area contributed by atoms with Crippen LogP contribution >= 0.6 is 11.6 Å². The van der Waals surface area contributed by atoms with E-state index in [-0.39, 0.29) is 12.4 Å². The molecule has 0 radical (unpaired) electrons. The van der Waals surface area contributed by atoms with Gasteiger partial charge in [0.05, 0.1) is 0 Å². The molecular formula is C11H15ClF3N3O. The second-order valence-corrected chi connectivity index (χ2v) is 4.31.